The van der Waals surface area contributed by atoms with Crippen LogP contribution in [0, 0.1) is 10.1 Å². The van der Waals surface area contributed by atoms with Crippen LogP contribution in [0.25, 0.3) is 0 Å². The standard InChI is InChI=1S/C13H14F3N3O5S2/c14-13(15,16)25-9-1-2-10(11(5-9)19(21)22)17-6-12(20)18-8-3-4-26(23,24)7-8/h1-2,5,8,17H,3-4,6-7H2,(H,18,20)/t8-/m1/s1. The van der Waals surface area contributed by atoms with Crippen molar-refractivity contribution in [2.45, 2.75) is 22.9 Å². The fourth-order valence-corrected chi connectivity index (χ4v) is 4.62. The summed E-state index contributed by atoms with van der Waals surface area (Å²) in [4.78, 5) is 21.7. The first-order chi connectivity index (χ1) is 12.0. The normalized spacial score (nSPS) is 19.1. The van der Waals surface area contributed by atoms with Crippen LogP contribution < -0.4 is 10.6 Å². The average molecular weight is 413 g/mol. The number of hydrogen-bond donors (Lipinski definition) is 2. The van der Waals surface area contributed by atoms with Crippen LogP contribution in [0.3, 0.4) is 0 Å². The van der Waals surface area contributed by atoms with E-state index in [0.29, 0.717) is 0 Å². The predicted molar refractivity (Wildman–Crippen MR) is 88.7 cm³/mol. The van der Waals surface area contributed by atoms with Gasteiger partial charge < -0.3 is 10.6 Å². The van der Waals surface area contributed by atoms with E-state index in [9.17, 15) is 36.5 Å². The number of alkyl halides is 3. The molecule has 1 aliphatic heterocycles. The van der Waals surface area contributed by atoms with E-state index in [-0.39, 0.29) is 35.1 Å². The Morgan fingerprint density at radius 3 is 2.62 bits per heavy atom. The van der Waals surface area contributed by atoms with Gasteiger partial charge in [-0.2, -0.15) is 13.2 Å². The van der Waals surface area contributed by atoms with E-state index in [1.807, 2.05) is 0 Å². The highest BCUT2D eigenvalue weighted by Crippen LogP contribution is 2.39. The van der Waals surface area contributed by atoms with Crippen LogP contribution in [0.5, 0.6) is 0 Å². The van der Waals surface area contributed by atoms with Crippen molar-refractivity contribution >= 4 is 38.9 Å². The Morgan fingerprint density at radius 1 is 1.38 bits per heavy atom. The molecule has 0 saturated carbocycles. The lowest BCUT2D eigenvalue weighted by Gasteiger charge is -2.12. The number of nitro groups is 1. The molecule has 0 radical (unpaired) electrons. The molecule has 1 atom stereocenters. The first kappa shape index (κ1) is 20.3. The molecule has 1 fully saturated rings. The summed E-state index contributed by atoms with van der Waals surface area (Å²) in [6.45, 7) is -0.386. The van der Waals surface area contributed by atoms with Gasteiger partial charge in [0.25, 0.3) is 5.69 Å². The topological polar surface area (TPSA) is 118 Å². The summed E-state index contributed by atoms with van der Waals surface area (Å²) in [5.41, 5.74) is -5.30. The Morgan fingerprint density at radius 2 is 2.08 bits per heavy atom. The molecule has 0 aromatic heterocycles. The summed E-state index contributed by atoms with van der Waals surface area (Å²) >= 11 is -0.482. The molecule has 1 saturated heterocycles. The third kappa shape index (κ3) is 6.05. The molecule has 1 aromatic rings. The first-order valence-corrected chi connectivity index (χ1v) is 9.87. The number of carbonyl (C=O) groups is 1. The molecule has 1 amide bonds. The van der Waals surface area contributed by atoms with E-state index < -0.39 is 49.7 Å². The number of nitro benzene ring substituents is 1. The minimum absolute atomic E-state index is 0.0187. The van der Waals surface area contributed by atoms with Crippen molar-refractivity contribution in [3.63, 3.8) is 0 Å². The second kappa shape index (κ2) is 7.70. The molecule has 0 spiro atoms. The van der Waals surface area contributed by atoms with Crippen molar-refractivity contribution in [3.8, 4) is 0 Å². The number of rotatable bonds is 6. The Bertz CT molecular complexity index is 814. The maximum absolute atomic E-state index is 12.4. The maximum Gasteiger partial charge on any atom is 0.446 e. The van der Waals surface area contributed by atoms with Crippen LogP contribution in [-0.2, 0) is 14.6 Å². The number of anilines is 1. The maximum atomic E-state index is 12.4. The van der Waals surface area contributed by atoms with Gasteiger partial charge in [0.15, 0.2) is 9.84 Å². The third-order valence-corrected chi connectivity index (χ3v) is 5.93. The number of benzene rings is 1. The van der Waals surface area contributed by atoms with E-state index in [1.165, 1.54) is 0 Å². The quantitative estimate of drug-likeness (QED) is 0.415. The Labute approximate surface area is 150 Å². The van der Waals surface area contributed by atoms with Crippen LogP contribution in [0.1, 0.15) is 6.42 Å². The van der Waals surface area contributed by atoms with Gasteiger partial charge in [0, 0.05) is 17.0 Å². The van der Waals surface area contributed by atoms with Crippen LogP contribution in [0.2, 0.25) is 0 Å². The SMILES string of the molecule is O=C(CNc1ccc(SC(F)(F)F)cc1[N+](=O)[O-])N[C@@H]1CCS(=O)(=O)C1. The van der Waals surface area contributed by atoms with Gasteiger partial charge in [0.2, 0.25) is 5.91 Å². The van der Waals surface area contributed by atoms with Gasteiger partial charge in [-0.25, -0.2) is 8.42 Å². The van der Waals surface area contributed by atoms with Crippen molar-refractivity contribution in [3.05, 3.63) is 28.3 Å². The van der Waals surface area contributed by atoms with Gasteiger partial charge in [-0.15, -0.1) is 0 Å². The summed E-state index contributed by atoms with van der Waals surface area (Å²) in [6, 6.07) is 2.38. The highest BCUT2D eigenvalue weighted by atomic mass is 32.2. The van der Waals surface area contributed by atoms with Crippen molar-refractivity contribution in [1.29, 1.82) is 0 Å². The second-order valence-electron chi connectivity index (χ2n) is 5.50. The molecule has 2 N–H and O–H groups in total. The average Bonchev–Trinajstić information content (AvgIpc) is 2.83. The molecule has 1 aromatic carbocycles. The summed E-state index contributed by atoms with van der Waals surface area (Å²) in [5.74, 6) is -0.757. The Balaban J connectivity index is 2.00. The van der Waals surface area contributed by atoms with Crippen molar-refractivity contribution in [2.24, 2.45) is 0 Å². The van der Waals surface area contributed by atoms with Gasteiger partial charge in [-0.3, -0.25) is 14.9 Å². The van der Waals surface area contributed by atoms with Gasteiger partial charge in [-0.1, -0.05) is 0 Å². The van der Waals surface area contributed by atoms with Gasteiger partial charge >= 0.3 is 5.51 Å². The monoisotopic (exact) mass is 413 g/mol. The molecule has 0 aliphatic carbocycles. The van der Waals surface area contributed by atoms with E-state index in [4.69, 9.17) is 0 Å². The van der Waals surface area contributed by atoms with Crippen LogP contribution >= 0.6 is 11.8 Å². The highest BCUT2D eigenvalue weighted by Gasteiger charge is 2.31. The molecule has 26 heavy (non-hydrogen) atoms. The zero-order valence-corrected chi connectivity index (χ0v) is 14.7. The van der Waals surface area contributed by atoms with E-state index in [1.54, 1.807) is 0 Å². The largest absolute Gasteiger partial charge is 0.446 e. The van der Waals surface area contributed by atoms with Crippen molar-refractivity contribution in [1.82, 2.24) is 5.32 Å². The number of nitrogens with zero attached hydrogens (tertiary/aromatic N) is 1. The molecule has 8 nitrogen and oxygen atoms in total. The number of hydrogen-bond acceptors (Lipinski definition) is 7. The highest BCUT2D eigenvalue weighted by molar-refractivity contribution is 8.00. The Hall–Kier alpha value is -2.02. The van der Waals surface area contributed by atoms with Gasteiger partial charge in [0.05, 0.1) is 23.0 Å². The molecule has 0 bridgehead atoms. The minimum atomic E-state index is -4.58. The predicted octanol–water partition coefficient (Wildman–Crippen LogP) is 1.92. The smallest absolute Gasteiger partial charge is 0.371 e. The van der Waals surface area contributed by atoms with Gasteiger partial charge in [-0.05, 0) is 30.3 Å². The molecule has 1 aliphatic rings. The number of nitrogens with one attached hydrogen (secondary N) is 2. The minimum Gasteiger partial charge on any atom is -0.371 e. The lowest BCUT2D eigenvalue weighted by Crippen LogP contribution is -2.39. The fourth-order valence-electron chi connectivity index (χ4n) is 2.37. The van der Waals surface area contributed by atoms with E-state index in [2.05, 4.69) is 10.6 Å². The van der Waals surface area contributed by atoms with Crippen molar-refractivity contribution in [2.75, 3.05) is 23.4 Å². The summed E-state index contributed by atoms with van der Waals surface area (Å²) in [5, 5.41) is 16.0. The van der Waals surface area contributed by atoms with E-state index in [0.717, 1.165) is 18.2 Å². The molecule has 1 heterocycles. The first-order valence-electron chi connectivity index (χ1n) is 7.23. The molecular formula is C13H14F3N3O5S2. The number of amides is 1. The Kier molecular flexibility index (Phi) is 6.01. The lowest BCUT2D eigenvalue weighted by atomic mass is 10.2. The molecule has 0 unspecified atom stereocenters. The zero-order valence-electron chi connectivity index (χ0n) is 13.1. The number of halogens is 3. The summed E-state index contributed by atoms with van der Waals surface area (Å²) < 4.78 is 59.7. The zero-order chi connectivity index (χ0) is 19.5. The third-order valence-electron chi connectivity index (χ3n) is 3.44. The van der Waals surface area contributed by atoms with Crippen LogP contribution in [0.15, 0.2) is 23.1 Å². The van der Waals surface area contributed by atoms with Crippen molar-refractivity contribution < 1.29 is 31.3 Å². The van der Waals surface area contributed by atoms with Crippen LogP contribution in [-0.4, -0.2) is 48.8 Å². The number of sulfone groups is 1. The van der Waals surface area contributed by atoms with Crippen LogP contribution in [0.4, 0.5) is 24.5 Å². The fraction of sp³-hybridized carbons (Fsp3) is 0.462. The molecular weight excluding hydrogens is 399 g/mol. The lowest BCUT2D eigenvalue weighted by molar-refractivity contribution is -0.384. The summed E-state index contributed by atoms with van der Waals surface area (Å²) in [6.07, 6.45) is 0.289. The van der Waals surface area contributed by atoms with E-state index >= 15 is 0 Å². The van der Waals surface area contributed by atoms with Gasteiger partial charge in [0.1, 0.15) is 5.69 Å². The summed E-state index contributed by atoms with van der Waals surface area (Å²) in [7, 11) is -3.16. The second-order valence-corrected chi connectivity index (χ2v) is 8.87. The molecule has 13 heteroatoms. The number of carbonyl (C=O) groups excluding carboxylic acids is 1. The molecule has 144 valence electrons. The number of thioether (sulfide) groups is 1. The molecule has 2 rings (SSSR count).